The van der Waals surface area contributed by atoms with Crippen LogP contribution in [0, 0.1) is 0 Å². The second kappa shape index (κ2) is 8.24. The topological polar surface area (TPSA) is 118 Å². The van der Waals surface area contributed by atoms with Crippen LogP contribution in [0.5, 0.6) is 0 Å². The van der Waals surface area contributed by atoms with Crippen molar-refractivity contribution in [1.82, 2.24) is 40.4 Å². The first kappa shape index (κ1) is 20.8. The third kappa shape index (κ3) is 3.65. The number of aromatic nitrogens is 8. The first-order chi connectivity index (χ1) is 17.1. The first-order valence-electron chi connectivity index (χ1n) is 11.2. The third-order valence-electron chi connectivity index (χ3n) is 6.08. The summed E-state index contributed by atoms with van der Waals surface area (Å²) in [5.41, 5.74) is 5.07. The van der Waals surface area contributed by atoms with Crippen LogP contribution in [0.3, 0.4) is 0 Å². The van der Waals surface area contributed by atoms with Crippen LogP contribution in [0.4, 0.5) is 5.82 Å². The number of hydrogen-bond donors (Lipinski definition) is 1. The van der Waals surface area contributed by atoms with Gasteiger partial charge < -0.3 is 4.57 Å². The van der Waals surface area contributed by atoms with Gasteiger partial charge in [-0.25, -0.2) is 4.98 Å². The lowest BCUT2D eigenvalue weighted by Gasteiger charge is -2.16. The average Bonchev–Trinajstić information content (AvgIpc) is 3.65. The van der Waals surface area contributed by atoms with Crippen LogP contribution in [0.1, 0.15) is 35.8 Å². The third-order valence-corrected chi connectivity index (χ3v) is 6.08. The SMILES string of the molecule is CC(C)n1cnnc1-c1cccc(N2Cc3ccc(-c4cccc(-c5nn[nH]n5)c4)cc3C2=O)n1. The van der Waals surface area contributed by atoms with Crippen LogP contribution in [-0.4, -0.2) is 46.3 Å². The van der Waals surface area contributed by atoms with E-state index in [-0.39, 0.29) is 11.9 Å². The van der Waals surface area contributed by atoms with E-state index in [0.717, 1.165) is 22.3 Å². The Morgan fingerprint density at radius 1 is 0.943 bits per heavy atom. The number of nitrogens with one attached hydrogen (secondary N) is 1. The van der Waals surface area contributed by atoms with Crippen molar-refractivity contribution in [1.29, 1.82) is 0 Å². The number of carbonyl (C=O) groups is 1. The molecule has 1 amide bonds. The van der Waals surface area contributed by atoms with Crippen molar-refractivity contribution >= 4 is 11.7 Å². The Labute approximate surface area is 200 Å². The first-order valence-corrected chi connectivity index (χ1v) is 11.2. The van der Waals surface area contributed by atoms with E-state index in [1.54, 1.807) is 11.2 Å². The summed E-state index contributed by atoms with van der Waals surface area (Å²) in [6.45, 7) is 4.59. The summed E-state index contributed by atoms with van der Waals surface area (Å²) in [5, 5.41) is 22.5. The van der Waals surface area contributed by atoms with Gasteiger partial charge >= 0.3 is 0 Å². The highest BCUT2D eigenvalue weighted by Crippen LogP contribution is 2.33. The average molecular weight is 464 g/mol. The molecule has 1 aliphatic heterocycles. The highest BCUT2D eigenvalue weighted by atomic mass is 16.2. The van der Waals surface area contributed by atoms with Crippen molar-refractivity contribution in [3.63, 3.8) is 0 Å². The van der Waals surface area contributed by atoms with Crippen LogP contribution in [-0.2, 0) is 6.54 Å². The molecule has 1 N–H and O–H groups in total. The summed E-state index contributed by atoms with van der Waals surface area (Å²) in [5.74, 6) is 1.71. The van der Waals surface area contributed by atoms with E-state index in [2.05, 4.69) is 44.7 Å². The molecule has 0 atom stereocenters. The van der Waals surface area contributed by atoms with Gasteiger partial charge in [0.25, 0.3) is 5.91 Å². The number of amides is 1. The molecular weight excluding hydrogens is 442 g/mol. The molecule has 3 aromatic heterocycles. The fourth-order valence-corrected chi connectivity index (χ4v) is 4.29. The van der Waals surface area contributed by atoms with E-state index in [1.165, 1.54) is 0 Å². The van der Waals surface area contributed by atoms with Crippen LogP contribution < -0.4 is 4.90 Å². The number of pyridine rings is 1. The van der Waals surface area contributed by atoms with Crippen LogP contribution in [0.25, 0.3) is 34.0 Å². The molecule has 0 saturated heterocycles. The molecule has 6 rings (SSSR count). The maximum absolute atomic E-state index is 13.4. The summed E-state index contributed by atoms with van der Waals surface area (Å²) < 4.78 is 1.96. The smallest absolute Gasteiger partial charge is 0.260 e. The fraction of sp³-hybridized carbons (Fsp3) is 0.160. The Bertz CT molecular complexity index is 1540. The van der Waals surface area contributed by atoms with Gasteiger partial charge in [-0.1, -0.05) is 36.4 Å². The van der Waals surface area contributed by atoms with Gasteiger partial charge in [0.05, 0.1) is 6.54 Å². The van der Waals surface area contributed by atoms with Gasteiger partial charge in [-0.3, -0.25) is 9.69 Å². The lowest BCUT2D eigenvalue weighted by atomic mass is 9.99. The number of aromatic amines is 1. The normalized spacial score (nSPS) is 13.0. The monoisotopic (exact) mass is 463 g/mol. The summed E-state index contributed by atoms with van der Waals surface area (Å²) >= 11 is 0. The number of fused-ring (bicyclic) bond motifs is 1. The number of benzene rings is 2. The van der Waals surface area contributed by atoms with E-state index >= 15 is 0 Å². The van der Waals surface area contributed by atoms with Gasteiger partial charge in [-0.15, -0.1) is 20.4 Å². The Morgan fingerprint density at radius 2 is 1.77 bits per heavy atom. The Kier molecular flexibility index (Phi) is 4.91. The highest BCUT2D eigenvalue weighted by Gasteiger charge is 2.30. The number of hydrogen-bond acceptors (Lipinski definition) is 7. The maximum atomic E-state index is 13.4. The summed E-state index contributed by atoms with van der Waals surface area (Å²) in [6.07, 6.45) is 1.69. The van der Waals surface area contributed by atoms with Crippen molar-refractivity contribution in [3.8, 4) is 34.0 Å². The molecule has 35 heavy (non-hydrogen) atoms. The van der Waals surface area contributed by atoms with Crippen LogP contribution in [0.15, 0.2) is 67.0 Å². The van der Waals surface area contributed by atoms with E-state index in [9.17, 15) is 4.79 Å². The van der Waals surface area contributed by atoms with Gasteiger partial charge in [0.2, 0.25) is 5.82 Å². The number of carbonyl (C=O) groups excluding carboxylic acids is 1. The second-order valence-corrected chi connectivity index (χ2v) is 8.62. The van der Waals surface area contributed by atoms with Crippen LogP contribution >= 0.6 is 0 Å². The van der Waals surface area contributed by atoms with Gasteiger partial charge in [-0.2, -0.15) is 5.21 Å². The number of tetrazole rings is 1. The van der Waals surface area contributed by atoms with E-state index < -0.39 is 0 Å². The molecule has 4 heterocycles. The van der Waals surface area contributed by atoms with E-state index in [0.29, 0.717) is 35.3 Å². The lowest BCUT2D eigenvalue weighted by molar-refractivity contribution is 0.0996. The quantitative estimate of drug-likeness (QED) is 0.419. The minimum absolute atomic E-state index is 0.0776. The molecular formula is C25H21N9O. The number of rotatable bonds is 5. The molecule has 0 aliphatic carbocycles. The Morgan fingerprint density at radius 3 is 2.60 bits per heavy atom. The number of anilines is 1. The predicted octanol–water partition coefficient (Wildman–Crippen LogP) is 3.93. The molecule has 0 fully saturated rings. The minimum Gasteiger partial charge on any atom is -0.310 e. The predicted molar refractivity (Wildman–Crippen MR) is 129 cm³/mol. The number of nitrogens with zero attached hydrogens (tertiary/aromatic N) is 8. The van der Waals surface area contributed by atoms with Gasteiger partial charge in [0.15, 0.2) is 5.82 Å². The van der Waals surface area contributed by atoms with Crippen molar-refractivity contribution in [3.05, 3.63) is 78.1 Å². The molecule has 0 unspecified atom stereocenters. The lowest BCUT2D eigenvalue weighted by Crippen LogP contribution is -2.24. The molecule has 0 saturated carbocycles. The molecule has 10 nitrogen and oxygen atoms in total. The molecule has 172 valence electrons. The van der Waals surface area contributed by atoms with Crippen molar-refractivity contribution in [2.45, 2.75) is 26.4 Å². The zero-order valence-electron chi connectivity index (χ0n) is 19.1. The molecule has 2 aromatic carbocycles. The largest absolute Gasteiger partial charge is 0.310 e. The molecule has 0 spiro atoms. The Hall–Kier alpha value is -4.73. The van der Waals surface area contributed by atoms with Crippen LogP contribution in [0.2, 0.25) is 0 Å². The Balaban J connectivity index is 1.31. The van der Waals surface area contributed by atoms with Gasteiger partial charge in [-0.05, 0) is 60.0 Å². The highest BCUT2D eigenvalue weighted by molar-refractivity contribution is 6.10. The van der Waals surface area contributed by atoms with E-state index in [1.807, 2.05) is 65.2 Å². The fourth-order valence-electron chi connectivity index (χ4n) is 4.29. The summed E-state index contributed by atoms with van der Waals surface area (Å²) in [7, 11) is 0. The van der Waals surface area contributed by atoms with Gasteiger partial charge in [0, 0.05) is 17.2 Å². The van der Waals surface area contributed by atoms with Crippen molar-refractivity contribution in [2.75, 3.05) is 4.90 Å². The maximum Gasteiger partial charge on any atom is 0.260 e. The summed E-state index contributed by atoms with van der Waals surface area (Å²) in [4.78, 5) is 19.9. The molecule has 10 heteroatoms. The zero-order valence-corrected chi connectivity index (χ0v) is 19.1. The number of H-pyrrole nitrogens is 1. The summed E-state index contributed by atoms with van der Waals surface area (Å²) in [6, 6.07) is 19.6. The van der Waals surface area contributed by atoms with Crippen molar-refractivity contribution < 1.29 is 4.79 Å². The molecule has 5 aromatic rings. The molecule has 1 aliphatic rings. The molecule has 0 bridgehead atoms. The molecule has 0 radical (unpaired) electrons. The zero-order chi connectivity index (χ0) is 23.9. The second-order valence-electron chi connectivity index (χ2n) is 8.62. The minimum atomic E-state index is -0.0776. The van der Waals surface area contributed by atoms with Crippen molar-refractivity contribution in [2.24, 2.45) is 0 Å². The van der Waals surface area contributed by atoms with E-state index in [4.69, 9.17) is 4.98 Å². The standard InChI is InChI=1S/C25H21N9O/c1-15(2)34-14-26-30-24(34)21-7-4-8-22(27-21)33-13-19-10-9-17(12-20(19)25(33)35)16-5-3-6-18(11-16)23-28-31-32-29-23/h3-12,14-15H,13H2,1-2H3,(H,28,29,31,32). The van der Waals surface area contributed by atoms with Gasteiger partial charge in [0.1, 0.15) is 17.8 Å².